The van der Waals surface area contributed by atoms with Crippen molar-refractivity contribution >= 4 is 11.9 Å². The smallest absolute Gasteiger partial charge is 0.335 e. The molecule has 2 N–H and O–H groups in total. The fourth-order valence-corrected chi connectivity index (χ4v) is 1.48. The molecule has 2 aromatic carbocycles. The van der Waals surface area contributed by atoms with Crippen LogP contribution in [0.3, 0.4) is 0 Å². The van der Waals surface area contributed by atoms with Crippen LogP contribution in [0.4, 0.5) is 0 Å². The average molecular weight is 272 g/mol. The number of carboxylic acids is 2. The van der Waals surface area contributed by atoms with Crippen molar-refractivity contribution in [3.63, 3.8) is 0 Å². The lowest BCUT2D eigenvalue weighted by Crippen LogP contribution is -1.96. The lowest BCUT2D eigenvalue weighted by Gasteiger charge is -1.95. The molecule has 0 aliphatic rings. The molecule has 0 aliphatic heterocycles. The minimum atomic E-state index is -0.879. The van der Waals surface area contributed by atoms with Crippen LogP contribution in [0.2, 0.25) is 0 Å². The maximum absolute atomic E-state index is 10.2. The highest BCUT2D eigenvalue weighted by Gasteiger charge is 1.97. The predicted octanol–water partition coefficient (Wildman–Crippen LogP) is 3.09. The van der Waals surface area contributed by atoms with Crippen LogP contribution < -0.4 is 0 Å². The number of carbonyl (C=O) groups is 2. The third-order valence-electron chi connectivity index (χ3n) is 2.49. The first-order valence-electron chi connectivity index (χ1n) is 6.13. The Bertz CT molecular complexity index is 535. The molecule has 0 bridgehead atoms. The molecule has 0 aromatic heterocycles. The van der Waals surface area contributed by atoms with Crippen LogP contribution in [-0.4, -0.2) is 22.2 Å². The third-order valence-corrected chi connectivity index (χ3v) is 2.49. The fraction of sp³-hybridized carbons (Fsp3) is 0.125. The topological polar surface area (TPSA) is 74.6 Å². The van der Waals surface area contributed by atoms with Crippen molar-refractivity contribution in [3.8, 4) is 0 Å². The van der Waals surface area contributed by atoms with Crippen LogP contribution in [0.15, 0.2) is 60.7 Å². The second-order valence-electron chi connectivity index (χ2n) is 4.05. The van der Waals surface area contributed by atoms with E-state index >= 15 is 0 Å². The van der Waals surface area contributed by atoms with Gasteiger partial charge in [-0.2, -0.15) is 0 Å². The summed E-state index contributed by atoms with van der Waals surface area (Å²) in [6.45, 7) is 0. The third kappa shape index (κ3) is 6.35. The van der Waals surface area contributed by atoms with E-state index in [2.05, 4.69) is 0 Å². The molecule has 2 aromatic rings. The Labute approximate surface area is 117 Å². The maximum Gasteiger partial charge on any atom is 0.335 e. The standard InChI is InChI=1S/C9H10O2.C7H6O2/c10-9(11)7-6-8-4-2-1-3-5-8;8-7(9)6-4-2-1-3-5-6/h1-5H,6-7H2,(H,10,11);1-5H,(H,8,9). The van der Waals surface area contributed by atoms with Crippen molar-refractivity contribution in [1.82, 2.24) is 0 Å². The lowest BCUT2D eigenvalue weighted by atomic mass is 10.1. The predicted molar refractivity (Wildman–Crippen MR) is 75.8 cm³/mol. The summed E-state index contributed by atoms with van der Waals surface area (Å²) < 4.78 is 0. The first-order valence-corrected chi connectivity index (χ1v) is 6.13. The molecule has 0 spiro atoms. The lowest BCUT2D eigenvalue weighted by molar-refractivity contribution is -0.136. The summed E-state index contributed by atoms with van der Waals surface area (Å²) in [4.78, 5) is 20.4. The van der Waals surface area contributed by atoms with E-state index in [1.165, 1.54) is 0 Å². The van der Waals surface area contributed by atoms with E-state index in [1.807, 2.05) is 30.3 Å². The van der Waals surface area contributed by atoms with Gasteiger partial charge < -0.3 is 10.2 Å². The van der Waals surface area contributed by atoms with Crippen LogP contribution in [0.1, 0.15) is 22.3 Å². The first-order chi connectivity index (χ1) is 9.59. The molecule has 0 saturated carbocycles. The van der Waals surface area contributed by atoms with Gasteiger partial charge in [-0.3, -0.25) is 4.79 Å². The zero-order valence-corrected chi connectivity index (χ0v) is 10.9. The van der Waals surface area contributed by atoms with Crippen LogP contribution in [-0.2, 0) is 11.2 Å². The number of hydrogen-bond acceptors (Lipinski definition) is 2. The Kier molecular flexibility index (Phi) is 6.54. The number of benzene rings is 2. The molecule has 0 atom stereocenters. The van der Waals surface area contributed by atoms with Crippen LogP contribution in [0.5, 0.6) is 0 Å². The fourth-order valence-electron chi connectivity index (χ4n) is 1.48. The molecule has 0 saturated heterocycles. The van der Waals surface area contributed by atoms with E-state index < -0.39 is 11.9 Å². The molecule has 0 fully saturated rings. The highest BCUT2D eigenvalue weighted by atomic mass is 16.4. The second kappa shape index (κ2) is 8.48. The number of hydrogen-bond donors (Lipinski definition) is 2. The number of carboxylic acid groups (broad SMARTS) is 2. The van der Waals surface area contributed by atoms with E-state index in [0.29, 0.717) is 12.0 Å². The second-order valence-corrected chi connectivity index (χ2v) is 4.05. The van der Waals surface area contributed by atoms with Crippen molar-refractivity contribution in [3.05, 3.63) is 71.8 Å². The Morgan fingerprint density at radius 3 is 1.70 bits per heavy atom. The Balaban J connectivity index is 0.000000204. The van der Waals surface area contributed by atoms with Gasteiger partial charge in [0.25, 0.3) is 0 Å². The Morgan fingerprint density at radius 2 is 1.30 bits per heavy atom. The number of aromatic carboxylic acids is 1. The van der Waals surface area contributed by atoms with Crippen molar-refractivity contribution in [2.75, 3.05) is 0 Å². The van der Waals surface area contributed by atoms with E-state index in [1.54, 1.807) is 30.3 Å². The summed E-state index contributed by atoms with van der Waals surface area (Å²) in [6, 6.07) is 17.9. The van der Waals surface area contributed by atoms with Gasteiger partial charge in [0.2, 0.25) is 0 Å². The molecule has 104 valence electrons. The quantitative estimate of drug-likeness (QED) is 0.896. The number of aliphatic carboxylic acids is 1. The molecule has 20 heavy (non-hydrogen) atoms. The SMILES string of the molecule is O=C(O)CCc1ccccc1.O=C(O)c1ccccc1. The zero-order valence-electron chi connectivity index (χ0n) is 10.9. The summed E-state index contributed by atoms with van der Waals surface area (Å²) in [5.74, 6) is -1.62. The molecular weight excluding hydrogens is 256 g/mol. The van der Waals surface area contributed by atoms with Gasteiger partial charge in [0.15, 0.2) is 0 Å². The van der Waals surface area contributed by atoms with E-state index in [4.69, 9.17) is 10.2 Å². The molecule has 0 aliphatic carbocycles. The largest absolute Gasteiger partial charge is 0.481 e. The van der Waals surface area contributed by atoms with Gasteiger partial charge in [0.05, 0.1) is 5.56 Å². The Hall–Kier alpha value is -2.62. The van der Waals surface area contributed by atoms with Gasteiger partial charge in [0, 0.05) is 6.42 Å². The molecule has 0 heterocycles. The van der Waals surface area contributed by atoms with Crippen molar-refractivity contribution in [2.45, 2.75) is 12.8 Å². The van der Waals surface area contributed by atoms with Crippen molar-refractivity contribution < 1.29 is 19.8 Å². The van der Waals surface area contributed by atoms with Gasteiger partial charge in [-0.25, -0.2) is 4.79 Å². The van der Waals surface area contributed by atoms with E-state index in [9.17, 15) is 9.59 Å². The van der Waals surface area contributed by atoms with Crippen molar-refractivity contribution in [2.24, 2.45) is 0 Å². The van der Waals surface area contributed by atoms with E-state index in [-0.39, 0.29) is 6.42 Å². The van der Waals surface area contributed by atoms with Gasteiger partial charge in [0.1, 0.15) is 0 Å². The van der Waals surface area contributed by atoms with E-state index in [0.717, 1.165) is 5.56 Å². The monoisotopic (exact) mass is 272 g/mol. The molecular formula is C16H16O4. The van der Waals surface area contributed by atoms with Crippen LogP contribution in [0.25, 0.3) is 0 Å². The highest BCUT2D eigenvalue weighted by Crippen LogP contribution is 2.01. The summed E-state index contributed by atoms with van der Waals surface area (Å²) >= 11 is 0. The van der Waals surface area contributed by atoms with Gasteiger partial charge in [-0.05, 0) is 24.1 Å². The molecule has 4 nitrogen and oxygen atoms in total. The highest BCUT2D eigenvalue weighted by molar-refractivity contribution is 5.87. The summed E-state index contributed by atoms with van der Waals surface area (Å²) in [5.41, 5.74) is 1.41. The molecule has 0 unspecified atom stereocenters. The van der Waals surface area contributed by atoms with Gasteiger partial charge in [-0.15, -0.1) is 0 Å². The van der Waals surface area contributed by atoms with Crippen LogP contribution in [0, 0.1) is 0 Å². The molecule has 4 heteroatoms. The Morgan fingerprint density at radius 1 is 0.800 bits per heavy atom. The maximum atomic E-state index is 10.2. The average Bonchev–Trinajstić information content (AvgIpc) is 2.48. The first kappa shape index (κ1) is 15.4. The van der Waals surface area contributed by atoms with Crippen molar-refractivity contribution in [1.29, 1.82) is 0 Å². The molecule has 2 rings (SSSR count). The summed E-state index contributed by atoms with van der Waals surface area (Å²) in [7, 11) is 0. The minimum absolute atomic E-state index is 0.212. The normalized spacial score (nSPS) is 9.20. The number of aryl methyl sites for hydroxylation is 1. The molecule has 0 amide bonds. The summed E-state index contributed by atoms with van der Waals surface area (Å²) in [6.07, 6.45) is 0.834. The van der Waals surface area contributed by atoms with Crippen LogP contribution >= 0.6 is 0 Å². The molecule has 0 radical (unpaired) electrons. The summed E-state index contributed by atoms with van der Waals surface area (Å²) in [5, 5.41) is 16.8. The van der Waals surface area contributed by atoms with Gasteiger partial charge >= 0.3 is 11.9 Å². The van der Waals surface area contributed by atoms with Gasteiger partial charge in [-0.1, -0.05) is 48.5 Å². The number of rotatable bonds is 4. The zero-order chi connectivity index (χ0) is 14.8. The minimum Gasteiger partial charge on any atom is -0.481 e.